The van der Waals surface area contributed by atoms with Crippen molar-refractivity contribution >= 4 is 5.84 Å². The quantitative estimate of drug-likeness (QED) is 0.739. The Morgan fingerprint density at radius 2 is 1.96 bits per heavy atom. The molecule has 0 unspecified atom stereocenters. The minimum atomic E-state index is -1.43. The summed E-state index contributed by atoms with van der Waals surface area (Å²) in [7, 11) is 3.08. The summed E-state index contributed by atoms with van der Waals surface area (Å²) in [5.41, 5.74) is 4.40. The van der Waals surface area contributed by atoms with Crippen LogP contribution in [0.5, 0.6) is 11.5 Å². The van der Waals surface area contributed by atoms with Gasteiger partial charge < -0.3 is 18.9 Å². The zero-order chi connectivity index (χ0) is 18.7. The molecule has 0 radical (unpaired) electrons. The number of amidine groups is 1. The fraction of sp³-hybridized carbons (Fsp3) is 0.500. The molecule has 1 spiro atoms. The number of hydrogen-bond acceptors (Lipinski definition) is 7. The molecule has 1 aliphatic carbocycles. The molecule has 3 aliphatic rings. The number of ether oxygens (including phenoxy) is 4. The Labute approximate surface area is 150 Å². The van der Waals surface area contributed by atoms with Gasteiger partial charge in [-0.2, -0.15) is 10.5 Å². The van der Waals surface area contributed by atoms with E-state index in [1.54, 1.807) is 19.2 Å². The van der Waals surface area contributed by atoms with Crippen molar-refractivity contribution in [1.82, 2.24) is 0 Å². The maximum Gasteiger partial charge on any atom is 0.343 e. The zero-order valence-corrected chi connectivity index (χ0v) is 14.7. The summed E-state index contributed by atoms with van der Waals surface area (Å²) in [4.78, 5) is 2.94. The molecule has 0 amide bonds. The molecule has 8 nitrogen and oxygen atoms in total. The highest BCUT2D eigenvalue weighted by Crippen LogP contribution is 2.79. The molecule has 1 saturated heterocycles. The highest BCUT2D eigenvalue weighted by molar-refractivity contribution is 5.95. The number of fused-ring (bicyclic) bond motifs is 2. The summed E-state index contributed by atoms with van der Waals surface area (Å²) in [5.74, 6) is -0.685. The van der Waals surface area contributed by atoms with Gasteiger partial charge in [0, 0.05) is 5.92 Å². The zero-order valence-electron chi connectivity index (χ0n) is 14.7. The largest absolute Gasteiger partial charge is 0.493 e. The van der Waals surface area contributed by atoms with E-state index >= 15 is 0 Å². The Morgan fingerprint density at radius 1 is 1.23 bits per heavy atom. The lowest BCUT2D eigenvalue weighted by atomic mass is 9.94. The summed E-state index contributed by atoms with van der Waals surface area (Å²) < 4.78 is 22.4. The summed E-state index contributed by atoms with van der Waals surface area (Å²) in [5, 5.41) is 20.1. The van der Waals surface area contributed by atoms with Gasteiger partial charge in [0.05, 0.1) is 39.1 Å². The lowest BCUT2D eigenvalue weighted by Gasteiger charge is -2.24. The van der Waals surface area contributed by atoms with Gasteiger partial charge in [0.1, 0.15) is 0 Å². The van der Waals surface area contributed by atoms with E-state index in [9.17, 15) is 10.5 Å². The lowest BCUT2D eigenvalue weighted by molar-refractivity contribution is -0.677. The SMILES string of the molecule is COc1ccc([C@H]2[C@@]3(C#N)[C@@]4([NH+]=C(N)[C@@]23C#N)OC[C@@H](C)O4)cc1OC. The van der Waals surface area contributed by atoms with Gasteiger partial charge in [-0.05, 0) is 24.6 Å². The number of rotatable bonds is 3. The third kappa shape index (κ3) is 1.57. The number of nitriles is 2. The Bertz CT molecular complexity index is 903. The van der Waals surface area contributed by atoms with Crippen LogP contribution in [0.1, 0.15) is 18.4 Å². The van der Waals surface area contributed by atoms with Crippen molar-refractivity contribution in [2.45, 2.75) is 24.9 Å². The van der Waals surface area contributed by atoms with Crippen LogP contribution in [-0.4, -0.2) is 38.7 Å². The second kappa shape index (κ2) is 5.10. The van der Waals surface area contributed by atoms with Crippen LogP contribution in [0.25, 0.3) is 0 Å². The second-order valence-electron chi connectivity index (χ2n) is 6.78. The molecule has 8 heteroatoms. The third-order valence-electron chi connectivity index (χ3n) is 5.63. The number of hydrogen-bond donors (Lipinski definition) is 2. The molecule has 2 fully saturated rings. The lowest BCUT2D eigenvalue weighted by Crippen LogP contribution is -2.90. The van der Waals surface area contributed by atoms with Crippen molar-refractivity contribution < 1.29 is 23.9 Å². The summed E-state index contributed by atoms with van der Waals surface area (Å²) >= 11 is 0. The van der Waals surface area contributed by atoms with E-state index in [4.69, 9.17) is 24.7 Å². The normalized spacial score (nSPS) is 39.7. The number of nitrogens with two attached hydrogens (primary N) is 1. The van der Waals surface area contributed by atoms with Gasteiger partial charge in [-0.1, -0.05) is 6.07 Å². The van der Waals surface area contributed by atoms with Crippen molar-refractivity contribution in [2.75, 3.05) is 20.8 Å². The average Bonchev–Trinajstić information content (AvgIpc) is 3.05. The Morgan fingerprint density at radius 3 is 2.50 bits per heavy atom. The van der Waals surface area contributed by atoms with E-state index in [2.05, 4.69) is 17.1 Å². The van der Waals surface area contributed by atoms with E-state index in [1.165, 1.54) is 7.11 Å². The molecule has 1 aromatic carbocycles. The third-order valence-corrected chi connectivity index (χ3v) is 5.63. The first-order valence-corrected chi connectivity index (χ1v) is 8.23. The Kier molecular flexibility index (Phi) is 3.27. The molecular weight excluding hydrogens is 336 g/mol. The molecule has 2 heterocycles. The van der Waals surface area contributed by atoms with Gasteiger partial charge in [-0.25, -0.2) is 4.99 Å². The number of nitrogens with zero attached hydrogens (tertiary/aromatic N) is 2. The first kappa shape index (κ1) is 16.6. The molecule has 5 atom stereocenters. The van der Waals surface area contributed by atoms with Gasteiger partial charge in [0.15, 0.2) is 22.3 Å². The highest BCUT2D eigenvalue weighted by Gasteiger charge is 2.97. The predicted octanol–water partition coefficient (Wildman–Crippen LogP) is -0.639. The Balaban J connectivity index is 1.88. The van der Waals surface area contributed by atoms with E-state index in [0.29, 0.717) is 18.1 Å². The van der Waals surface area contributed by atoms with Gasteiger partial charge in [-0.3, -0.25) is 5.73 Å². The second-order valence-corrected chi connectivity index (χ2v) is 6.78. The first-order valence-electron chi connectivity index (χ1n) is 8.23. The van der Waals surface area contributed by atoms with Gasteiger partial charge >= 0.3 is 5.91 Å². The van der Waals surface area contributed by atoms with Gasteiger partial charge in [0.25, 0.3) is 5.84 Å². The van der Waals surface area contributed by atoms with Crippen LogP contribution in [0.15, 0.2) is 18.2 Å². The van der Waals surface area contributed by atoms with Crippen molar-refractivity contribution in [3.8, 4) is 23.6 Å². The summed E-state index contributed by atoms with van der Waals surface area (Å²) in [6, 6.07) is 9.87. The first-order chi connectivity index (χ1) is 12.5. The topological polar surface area (TPSA) is 124 Å². The van der Waals surface area contributed by atoms with Crippen LogP contribution in [0.2, 0.25) is 0 Å². The molecule has 4 rings (SSSR count). The van der Waals surface area contributed by atoms with Crippen LogP contribution >= 0.6 is 0 Å². The summed E-state index contributed by atoms with van der Waals surface area (Å²) in [6.07, 6.45) is -0.221. The minimum absolute atomic E-state index is 0.190. The van der Waals surface area contributed by atoms with Crippen molar-refractivity contribution in [3.63, 3.8) is 0 Å². The van der Waals surface area contributed by atoms with Gasteiger partial charge in [0.2, 0.25) is 0 Å². The van der Waals surface area contributed by atoms with Crippen LogP contribution in [0.3, 0.4) is 0 Å². The summed E-state index contributed by atoms with van der Waals surface area (Å²) in [6.45, 7) is 2.15. The van der Waals surface area contributed by atoms with Crippen LogP contribution in [-0.2, 0) is 9.47 Å². The molecular formula is C18H19N4O4+. The number of nitrogens with one attached hydrogen (secondary N) is 1. The standard InChI is InChI=1S/C18H18N4O4/c1-10-7-25-18(26-10)17(9-20)14(16(17,8-19)15(21)22-18)11-4-5-12(23-2)13(6-11)24-3/h4-6,10,14H,7H2,1-3H3,(H2,21,22)/p+1/t10-,14-,16-,17-,18-/m1/s1. The average molecular weight is 355 g/mol. The molecule has 26 heavy (non-hydrogen) atoms. The van der Waals surface area contributed by atoms with Crippen molar-refractivity contribution in [2.24, 2.45) is 16.6 Å². The van der Waals surface area contributed by atoms with E-state index in [1.807, 2.05) is 13.0 Å². The van der Waals surface area contributed by atoms with Crippen LogP contribution < -0.4 is 20.2 Å². The van der Waals surface area contributed by atoms with Crippen LogP contribution in [0.4, 0.5) is 0 Å². The Hall–Kier alpha value is -2.81. The fourth-order valence-corrected chi connectivity index (χ4v) is 4.50. The van der Waals surface area contributed by atoms with E-state index in [0.717, 1.165) is 5.56 Å². The molecule has 0 aromatic heterocycles. The molecule has 134 valence electrons. The smallest absolute Gasteiger partial charge is 0.343 e. The molecule has 1 saturated carbocycles. The molecule has 2 aliphatic heterocycles. The number of benzene rings is 1. The van der Waals surface area contributed by atoms with E-state index in [-0.39, 0.29) is 11.9 Å². The van der Waals surface area contributed by atoms with Crippen molar-refractivity contribution in [3.05, 3.63) is 23.8 Å². The number of methoxy groups -OCH3 is 2. The van der Waals surface area contributed by atoms with Crippen molar-refractivity contribution in [1.29, 1.82) is 10.5 Å². The molecule has 0 bridgehead atoms. The molecule has 3 N–H and O–H groups in total. The minimum Gasteiger partial charge on any atom is -0.493 e. The molecule has 1 aromatic rings. The van der Waals surface area contributed by atoms with Gasteiger partial charge in [-0.15, -0.1) is 0 Å². The highest BCUT2D eigenvalue weighted by atomic mass is 16.8. The monoisotopic (exact) mass is 355 g/mol. The fourth-order valence-electron chi connectivity index (χ4n) is 4.50. The van der Waals surface area contributed by atoms with E-state index < -0.39 is 22.7 Å². The maximum absolute atomic E-state index is 10.1. The predicted molar refractivity (Wildman–Crippen MR) is 87.8 cm³/mol. The maximum atomic E-state index is 10.1. The van der Waals surface area contributed by atoms with Crippen LogP contribution in [0, 0.1) is 33.5 Å².